The van der Waals surface area contributed by atoms with Crippen molar-refractivity contribution in [1.82, 2.24) is 0 Å². The molecular weight excluding hydrogens is 564 g/mol. The summed E-state index contributed by atoms with van der Waals surface area (Å²) in [6.45, 7) is 18.2. The monoisotopic (exact) mass is 618 g/mol. The SMILES string of the molecule is C=C(C)[C@H]1CC[C@]2(C(=O)O)CC[C@]3(C)[C@H](CC[C@@H]4[C@@]5(C)C[C@H](O)[C@@H](OC(=O)/C=C\c6ccc(O)cc6)C(C)(C)[C@@H]5CC[C@]43C)[C@H]12. The third kappa shape index (κ3) is 4.58. The van der Waals surface area contributed by atoms with Crippen molar-refractivity contribution in [3.05, 3.63) is 48.1 Å². The molecule has 5 aliphatic rings. The van der Waals surface area contributed by atoms with Gasteiger partial charge in [-0.15, -0.1) is 0 Å². The van der Waals surface area contributed by atoms with E-state index in [1.807, 2.05) is 0 Å². The molecule has 0 bridgehead atoms. The van der Waals surface area contributed by atoms with Gasteiger partial charge in [0.25, 0.3) is 0 Å². The van der Waals surface area contributed by atoms with Crippen LogP contribution in [0.1, 0.15) is 105 Å². The second kappa shape index (κ2) is 10.7. The number of esters is 1. The van der Waals surface area contributed by atoms with Gasteiger partial charge >= 0.3 is 11.9 Å². The summed E-state index contributed by atoms with van der Waals surface area (Å²) >= 11 is 0. The highest BCUT2D eigenvalue weighted by atomic mass is 16.6. The van der Waals surface area contributed by atoms with Crippen molar-refractivity contribution in [1.29, 1.82) is 0 Å². The van der Waals surface area contributed by atoms with Crippen LogP contribution in [0, 0.1) is 56.7 Å². The third-order valence-corrected chi connectivity index (χ3v) is 14.9. The van der Waals surface area contributed by atoms with Gasteiger partial charge in [-0.3, -0.25) is 4.79 Å². The number of phenols is 1. The summed E-state index contributed by atoms with van der Waals surface area (Å²) < 4.78 is 6.05. The average molecular weight is 619 g/mol. The number of allylic oxidation sites excluding steroid dienone is 1. The van der Waals surface area contributed by atoms with Crippen LogP contribution in [0.4, 0.5) is 0 Å². The van der Waals surface area contributed by atoms with Crippen molar-refractivity contribution in [2.75, 3.05) is 0 Å². The van der Waals surface area contributed by atoms with Gasteiger partial charge in [-0.2, -0.15) is 0 Å². The summed E-state index contributed by atoms with van der Waals surface area (Å²) in [6.07, 6.45) is 9.82. The number of aromatic hydroxyl groups is 1. The van der Waals surface area contributed by atoms with Crippen molar-refractivity contribution in [2.45, 2.75) is 112 Å². The number of rotatable bonds is 5. The number of carboxylic acid groups (broad SMARTS) is 1. The van der Waals surface area contributed by atoms with E-state index in [0.29, 0.717) is 18.3 Å². The maximum Gasteiger partial charge on any atom is 0.331 e. The Kier molecular flexibility index (Phi) is 7.70. The Morgan fingerprint density at radius 2 is 1.60 bits per heavy atom. The zero-order chi connectivity index (χ0) is 32.7. The lowest BCUT2D eigenvalue weighted by Gasteiger charge is -2.73. The van der Waals surface area contributed by atoms with E-state index in [1.165, 1.54) is 6.08 Å². The first kappa shape index (κ1) is 32.3. The number of aliphatic hydroxyl groups is 1. The molecule has 0 radical (unpaired) electrons. The zero-order valence-electron chi connectivity index (χ0n) is 28.1. The first-order valence-electron chi connectivity index (χ1n) is 17.3. The Balaban J connectivity index is 1.27. The molecule has 6 nitrogen and oxygen atoms in total. The summed E-state index contributed by atoms with van der Waals surface area (Å²) in [5.74, 6) is 0.537. The van der Waals surface area contributed by atoms with Crippen LogP contribution in [-0.4, -0.2) is 39.5 Å². The smallest absolute Gasteiger partial charge is 0.331 e. The Labute approximate surface area is 269 Å². The molecule has 0 spiro atoms. The highest BCUT2D eigenvalue weighted by molar-refractivity contribution is 5.87. The second-order valence-electron chi connectivity index (χ2n) is 17.0. The van der Waals surface area contributed by atoms with Crippen molar-refractivity contribution in [3.8, 4) is 5.75 Å². The topological polar surface area (TPSA) is 104 Å². The van der Waals surface area contributed by atoms with Crippen molar-refractivity contribution < 1.29 is 29.6 Å². The summed E-state index contributed by atoms with van der Waals surface area (Å²) in [5.41, 5.74) is 0.796. The average Bonchev–Trinajstić information content (AvgIpc) is 3.37. The summed E-state index contributed by atoms with van der Waals surface area (Å²) in [5, 5.41) is 31.9. The van der Waals surface area contributed by atoms with E-state index in [9.17, 15) is 24.9 Å². The molecule has 1 aromatic rings. The first-order chi connectivity index (χ1) is 21.0. The van der Waals surface area contributed by atoms with E-state index >= 15 is 0 Å². The minimum atomic E-state index is -0.770. The number of carboxylic acids is 1. The van der Waals surface area contributed by atoms with Crippen LogP contribution in [0.2, 0.25) is 0 Å². The Hall–Kier alpha value is -2.60. The zero-order valence-corrected chi connectivity index (χ0v) is 28.1. The molecule has 5 fully saturated rings. The van der Waals surface area contributed by atoms with Crippen LogP contribution in [0.15, 0.2) is 42.5 Å². The molecule has 246 valence electrons. The minimum absolute atomic E-state index is 0.0169. The van der Waals surface area contributed by atoms with E-state index in [1.54, 1.807) is 30.3 Å². The fourth-order valence-corrected chi connectivity index (χ4v) is 12.8. The van der Waals surface area contributed by atoms with Gasteiger partial charge in [-0.1, -0.05) is 58.9 Å². The third-order valence-electron chi connectivity index (χ3n) is 14.9. The van der Waals surface area contributed by atoms with Gasteiger partial charge in [0.1, 0.15) is 11.9 Å². The maximum absolute atomic E-state index is 13.0. The van der Waals surface area contributed by atoms with Crippen LogP contribution < -0.4 is 0 Å². The van der Waals surface area contributed by atoms with Crippen molar-refractivity contribution in [2.24, 2.45) is 56.7 Å². The molecule has 0 saturated heterocycles. The fraction of sp³-hybridized carbons (Fsp3) is 0.692. The second-order valence-corrected chi connectivity index (χ2v) is 17.0. The number of benzene rings is 1. The van der Waals surface area contributed by atoms with Gasteiger partial charge < -0.3 is 20.1 Å². The molecule has 45 heavy (non-hydrogen) atoms. The molecule has 1 aromatic carbocycles. The minimum Gasteiger partial charge on any atom is -0.508 e. The van der Waals surface area contributed by atoms with Crippen LogP contribution in [0.3, 0.4) is 0 Å². The van der Waals surface area contributed by atoms with Gasteiger partial charge in [-0.25, -0.2) is 4.79 Å². The number of hydrogen-bond donors (Lipinski definition) is 3. The lowest BCUT2D eigenvalue weighted by molar-refractivity contribution is -0.265. The molecule has 11 atom stereocenters. The molecule has 6 heteroatoms. The normalized spacial score (nSPS) is 45.1. The van der Waals surface area contributed by atoms with Gasteiger partial charge in [0.2, 0.25) is 0 Å². The highest BCUT2D eigenvalue weighted by Crippen LogP contribution is 2.77. The van der Waals surface area contributed by atoms with Crippen molar-refractivity contribution >= 4 is 18.0 Å². The van der Waals surface area contributed by atoms with Crippen LogP contribution in [0.25, 0.3) is 6.08 Å². The van der Waals surface area contributed by atoms with Gasteiger partial charge in [0.05, 0.1) is 11.5 Å². The summed E-state index contributed by atoms with van der Waals surface area (Å²) in [7, 11) is 0. The van der Waals surface area contributed by atoms with Crippen LogP contribution >= 0.6 is 0 Å². The summed E-state index contributed by atoms with van der Waals surface area (Å²) in [6, 6.07) is 6.62. The number of hydrogen-bond acceptors (Lipinski definition) is 5. The number of aliphatic hydroxyl groups excluding tert-OH is 1. The van der Waals surface area contributed by atoms with Gasteiger partial charge in [0.15, 0.2) is 0 Å². The molecule has 0 aliphatic heterocycles. The number of carbonyl (C=O) groups excluding carboxylic acids is 1. The van der Waals surface area contributed by atoms with Crippen molar-refractivity contribution in [3.63, 3.8) is 0 Å². The lowest BCUT2D eigenvalue weighted by atomic mass is 9.32. The largest absolute Gasteiger partial charge is 0.508 e. The van der Waals surface area contributed by atoms with Gasteiger partial charge in [0, 0.05) is 11.5 Å². The quantitative estimate of drug-likeness (QED) is 0.175. The van der Waals surface area contributed by atoms with E-state index in [0.717, 1.165) is 62.5 Å². The lowest BCUT2D eigenvalue weighted by Crippen LogP contribution is -2.69. The standard InChI is InChI=1S/C39H54O6/c1-23(2)26-16-19-39(34(43)44)21-20-37(6)27(32(26)39)13-14-30-36(5)22-28(41)33(35(3,4)29(36)17-18-38(30,37)7)45-31(42)15-10-24-8-11-25(40)12-9-24/h8-12,15,26-30,32-33,40-41H,1,13-14,16-22H2,2-7H3,(H,43,44)/b15-10-/t26-,27-,28+,29+,30-,32+,33-,36+,37-,38-,39+/m1/s1. The Morgan fingerprint density at radius 3 is 2.24 bits per heavy atom. The Bertz CT molecular complexity index is 1390. The van der Waals surface area contributed by atoms with Crippen LogP contribution in [0.5, 0.6) is 5.75 Å². The van der Waals surface area contributed by atoms with Crippen LogP contribution in [-0.2, 0) is 14.3 Å². The molecular formula is C39H54O6. The molecule has 5 aliphatic carbocycles. The predicted octanol–water partition coefficient (Wildman–Crippen LogP) is 8.03. The molecule has 0 heterocycles. The van der Waals surface area contributed by atoms with Gasteiger partial charge in [-0.05, 0) is 134 Å². The molecule has 6 rings (SSSR count). The molecule has 0 unspecified atom stereocenters. The molecule has 0 aromatic heterocycles. The molecule has 0 amide bonds. The number of ether oxygens (including phenoxy) is 1. The van der Waals surface area contributed by atoms with E-state index in [4.69, 9.17) is 4.74 Å². The first-order valence-corrected chi connectivity index (χ1v) is 17.3. The number of phenolic OH excluding ortho intramolecular Hbond substituents is 1. The highest BCUT2D eigenvalue weighted by Gasteiger charge is 2.72. The number of aliphatic carboxylic acids is 1. The number of carbonyl (C=O) groups is 2. The molecule has 3 N–H and O–H groups in total. The summed E-state index contributed by atoms with van der Waals surface area (Å²) in [4.78, 5) is 26.0. The Morgan fingerprint density at radius 1 is 0.911 bits per heavy atom. The van der Waals surface area contributed by atoms with E-state index in [-0.39, 0.29) is 39.7 Å². The maximum atomic E-state index is 13.0. The predicted molar refractivity (Wildman–Crippen MR) is 175 cm³/mol. The number of fused-ring (bicyclic) bond motifs is 7. The van der Waals surface area contributed by atoms with E-state index < -0.39 is 35.0 Å². The molecule has 5 saturated carbocycles. The van der Waals surface area contributed by atoms with E-state index in [2.05, 4.69) is 48.1 Å². The fourth-order valence-electron chi connectivity index (χ4n) is 12.8.